The Labute approximate surface area is 240 Å². The third-order valence-corrected chi connectivity index (χ3v) is 7.31. The number of para-hydroxylation sites is 1. The summed E-state index contributed by atoms with van der Waals surface area (Å²) < 4.78 is 44.6. The van der Waals surface area contributed by atoms with Gasteiger partial charge in [-0.2, -0.15) is 18.2 Å². The lowest BCUT2D eigenvalue weighted by Gasteiger charge is -2.30. The Morgan fingerprint density at radius 3 is 2.33 bits per heavy atom. The number of hydrogen-bond donors (Lipinski definition) is 2. The number of hydrogen-bond acceptors (Lipinski definition) is 8. The lowest BCUT2D eigenvalue weighted by molar-refractivity contribution is -0.384. The van der Waals surface area contributed by atoms with E-state index in [0.717, 1.165) is 54.5 Å². The summed E-state index contributed by atoms with van der Waals surface area (Å²) in [6.45, 7) is 0.306. The molecule has 0 aliphatic heterocycles. The summed E-state index contributed by atoms with van der Waals surface area (Å²) in [6.07, 6.45) is -0.942. The van der Waals surface area contributed by atoms with Crippen molar-refractivity contribution >= 4 is 28.4 Å². The highest BCUT2D eigenvalue weighted by Gasteiger charge is 2.30. The summed E-state index contributed by atoms with van der Waals surface area (Å²) in [4.78, 5) is 22.3. The Morgan fingerprint density at radius 1 is 0.976 bits per heavy atom. The highest BCUT2D eigenvalue weighted by molar-refractivity contribution is 5.90. The van der Waals surface area contributed by atoms with E-state index in [4.69, 9.17) is 14.7 Å². The van der Waals surface area contributed by atoms with E-state index in [1.165, 1.54) is 30.3 Å². The molecule has 1 fully saturated rings. The Balaban J connectivity index is 1.21. The molecule has 1 aromatic heterocycles. The first kappa shape index (κ1) is 29.1. The fraction of sp³-hybridized carbons (Fsp3) is 0.333. The number of rotatable bonds is 9. The van der Waals surface area contributed by atoms with Crippen molar-refractivity contribution in [3.05, 3.63) is 88.0 Å². The average Bonchev–Trinajstić information content (AvgIpc) is 2.96. The standard InChI is InChI=1S/C30H31F3N6O3/c1-38(2)28-25-5-3-4-6-26(25)36-29(37-28)35-22-11-9-21(10-12-22)34-18-19-17-23(39(40)41)13-16-27(19)42-24-14-7-20(8-15-24)30(31,32)33/h3-8,13-17,21-22,34H,9-12,18H2,1-2H3,(H,35,36,37)/t21-,22+. The van der Waals surface area contributed by atoms with Gasteiger partial charge in [-0.3, -0.25) is 10.1 Å². The summed E-state index contributed by atoms with van der Waals surface area (Å²) in [5, 5.41) is 19.3. The van der Waals surface area contributed by atoms with Gasteiger partial charge in [0.2, 0.25) is 5.95 Å². The third-order valence-electron chi connectivity index (χ3n) is 7.31. The minimum Gasteiger partial charge on any atom is -0.457 e. The van der Waals surface area contributed by atoms with Crippen molar-refractivity contribution in [2.24, 2.45) is 0 Å². The maximum absolute atomic E-state index is 12.9. The van der Waals surface area contributed by atoms with E-state index in [-0.39, 0.29) is 23.5 Å². The molecular formula is C30H31F3N6O3. The van der Waals surface area contributed by atoms with Gasteiger partial charge in [-0.15, -0.1) is 0 Å². The van der Waals surface area contributed by atoms with Crippen LogP contribution in [0.5, 0.6) is 11.5 Å². The van der Waals surface area contributed by atoms with Gasteiger partial charge < -0.3 is 20.3 Å². The van der Waals surface area contributed by atoms with Gasteiger partial charge in [-0.25, -0.2) is 4.98 Å². The van der Waals surface area contributed by atoms with Crippen molar-refractivity contribution in [3.8, 4) is 11.5 Å². The van der Waals surface area contributed by atoms with Crippen LogP contribution in [0.4, 0.5) is 30.6 Å². The van der Waals surface area contributed by atoms with Crippen LogP contribution in [0.25, 0.3) is 10.9 Å². The predicted molar refractivity (Wildman–Crippen MR) is 155 cm³/mol. The number of nitrogens with zero attached hydrogens (tertiary/aromatic N) is 4. The highest BCUT2D eigenvalue weighted by Crippen LogP contribution is 2.33. The molecule has 1 saturated carbocycles. The van der Waals surface area contributed by atoms with Crippen molar-refractivity contribution < 1.29 is 22.8 Å². The monoisotopic (exact) mass is 580 g/mol. The van der Waals surface area contributed by atoms with Crippen LogP contribution in [-0.2, 0) is 12.7 Å². The van der Waals surface area contributed by atoms with E-state index in [9.17, 15) is 23.3 Å². The first-order valence-electron chi connectivity index (χ1n) is 13.6. The van der Waals surface area contributed by atoms with Crippen molar-refractivity contribution in [2.75, 3.05) is 24.3 Å². The van der Waals surface area contributed by atoms with E-state index in [2.05, 4.69) is 10.6 Å². The van der Waals surface area contributed by atoms with Crippen LogP contribution < -0.4 is 20.3 Å². The number of ether oxygens (including phenoxy) is 1. The molecular weight excluding hydrogens is 549 g/mol. The second-order valence-electron chi connectivity index (χ2n) is 10.5. The number of anilines is 2. The topological polar surface area (TPSA) is 105 Å². The predicted octanol–water partition coefficient (Wildman–Crippen LogP) is 6.93. The zero-order valence-corrected chi connectivity index (χ0v) is 23.2. The SMILES string of the molecule is CN(C)c1nc(N[C@H]2CC[C@@H](NCc3cc([N+](=O)[O-])ccc3Oc3ccc(C(F)(F)F)cc3)CC2)nc2ccccc12. The van der Waals surface area contributed by atoms with Crippen LogP contribution in [0.1, 0.15) is 36.8 Å². The van der Waals surface area contributed by atoms with Gasteiger partial charge in [0.25, 0.3) is 5.69 Å². The Hall–Kier alpha value is -4.45. The molecule has 9 nitrogen and oxygen atoms in total. The molecule has 0 bridgehead atoms. The number of fused-ring (bicyclic) bond motifs is 1. The maximum Gasteiger partial charge on any atom is 0.416 e. The number of nitro groups is 1. The number of benzene rings is 3. The number of aromatic nitrogens is 2. The average molecular weight is 581 g/mol. The van der Waals surface area contributed by atoms with Crippen molar-refractivity contribution in [3.63, 3.8) is 0 Å². The number of nitro benzene ring substituents is 1. The van der Waals surface area contributed by atoms with Gasteiger partial charge in [0.1, 0.15) is 17.3 Å². The minimum absolute atomic E-state index is 0.0908. The molecule has 0 unspecified atom stereocenters. The number of alkyl halides is 3. The summed E-state index contributed by atoms with van der Waals surface area (Å²) >= 11 is 0. The van der Waals surface area contributed by atoms with Crippen LogP contribution >= 0.6 is 0 Å². The molecule has 1 aliphatic rings. The third kappa shape index (κ3) is 6.88. The molecule has 220 valence electrons. The summed E-state index contributed by atoms with van der Waals surface area (Å²) in [5.74, 6) is 1.99. The number of nitrogens with one attached hydrogen (secondary N) is 2. The molecule has 3 aromatic carbocycles. The van der Waals surface area contributed by atoms with Gasteiger partial charge in [0.05, 0.1) is 16.0 Å². The smallest absolute Gasteiger partial charge is 0.416 e. The first-order chi connectivity index (χ1) is 20.1. The fourth-order valence-corrected chi connectivity index (χ4v) is 5.10. The van der Waals surface area contributed by atoms with Crippen molar-refractivity contribution in [2.45, 2.75) is 50.5 Å². The molecule has 0 saturated heterocycles. The molecule has 0 amide bonds. The molecule has 1 heterocycles. The molecule has 42 heavy (non-hydrogen) atoms. The second-order valence-corrected chi connectivity index (χ2v) is 10.5. The lowest BCUT2D eigenvalue weighted by Crippen LogP contribution is -2.37. The van der Waals surface area contributed by atoms with Crippen LogP contribution in [-0.4, -0.2) is 41.1 Å². The van der Waals surface area contributed by atoms with Crippen LogP contribution in [0, 0.1) is 10.1 Å². The zero-order valence-electron chi connectivity index (χ0n) is 23.2. The van der Waals surface area contributed by atoms with E-state index in [1.807, 2.05) is 43.3 Å². The Morgan fingerprint density at radius 2 is 1.67 bits per heavy atom. The van der Waals surface area contributed by atoms with Crippen molar-refractivity contribution in [1.82, 2.24) is 15.3 Å². The molecule has 1 aliphatic carbocycles. The summed E-state index contributed by atoms with van der Waals surface area (Å²) in [7, 11) is 3.91. The van der Waals surface area contributed by atoms with Gasteiger partial charge in [-0.1, -0.05) is 12.1 Å². The van der Waals surface area contributed by atoms with Gasteiger partial charge in [-0.05, 0) is 68.1 Å². The zero-order chi connectivity index (χ0) is 29.9. The molecule has 12 heteroatoms. The first-order valence-corrected chi connectivity index (χ1v) is 13.6. The fourth-order valence-electron chi connectivity index (χ4n) is 5.10. The molecule has 0 atom stereocenters. The lowest BCUT2D eigenvalue weighted by atomic mass is 9.91. The highest BCUT2D eigenvalue weighted by atomic mass is 19.4. The number of halogens is 3. The quantitative estimate of drug-likeness (QED) is 0.162. The molecule has 0 radical (unpaired) electrons. The largest absolute Gasteiger partial charge is 0.457 e. The molecule has 4 aromatic rings. The Bertz CT molecular complexity index is 1550. The maximum atomic E-state index is 12.9. The minimum atomic E-state index is -4.45. The number of non-ortho nitro benzene ring substituents is 1. The summed E-state index contributed by atoms with van der Waals surface area (Å²) in [6, 6.07) is 16.8. The van der Waals surface area contributed by atoms with E-state index >= 15 is 0 Å². The molecule has 2 N–H and O–H groups in total. The molecule has 0 spiro atoms. The van der Waals surface area contributed by atoms with Crippen LogP contribution in [0.3, 0.4) is 0 Å². The van der Waals surface area contributed by atoms with Crippen LogP contribution in [0.15, 0.2) is 66.7 Å². The Kier molecular flexibility index (Phi) is 8.44. The summed E-state index contributed by atoms with van der Waals surface area (Å²) in [5.41, 5.74) is 0.549. The normalized spacial score (nSPS) is 17.2. The van der Waals surface area contributed by atoms with E-state index in [1.54, 1.807) is 0 Å². The van der Waals surface area contributed by atoms with Crippen LogP contribution in [0.2, 0.25) is 0 Å². The van der Waals surface area contributed by atoms with Crippen molar-refractivity contribution in [1.29, 1.82) is 0 Å². The van der Waals surface area contributed by atoms with E-state index in [0.29, 0.717) is 23.8 Å². The van der Waals surface area contributed by atoms with Gasteiger partial charge in [0.15, 0.2) is 0 Å². The molecule has 5 rings (SSSR count). The van der Waals surface area contributed by atoms with Gasteiger partial charge in [0, 0.05) is 55.8 Å². The van der Waals surface area contributed by atoms with Gasteiger partial charge >= 0.3 is 6.18 Å². The second kappa shape index (κ2) is 12.2. The van der Waals surface area contributed by atoms with E-state index < -0.39 is 16.7 Å².